The molecule has 4 nitrogen and oxygen atoms in total. The standard InChI is InChI=1S/C13H19N3O/c1-10-8-15-16-9-11(4-5-12(10)16)13(2,3)14-6-7-17/h4-5,8-9,14,17H,6-7H2,1-3H3. The lowest BCUT2D eigenvalue weighted by molar-refractivity contribution is 0.267. The highest BCUT2D eigenvalue weighted by Gasteiger charge is 2.20. The van der Waals surface area contributed by atoms with E-state index in [2.05, 4.69) is 43.3 Å². The Balaban J connectivity index is 2.35. The lowest BCUT2D eigenvalue weighted by Crippen LogP contribution is -2.38. The zero-order valence-electron chi connectivity index (χ0n) is 10.6. The van der Waals surface area contributed by atoms with Crippen molar-refractivity contribution in [1.82, 2.24) is 14.9 Å². The molecule has 0 saturated heterocycles. The lowest BCUT2D eigenvalue weighted by atomic mass is 9.96. The van der Waals surface area contributed by atoms with Crippen LogP contribution in [-0.4, -0.2) is 27.9 Å². The number of aryl methyl sites for hydroxylation is 1. The first-order valence-electron chi connectivity index (χ1n) is 5.85. The van der Waals surface area contributed by atoms with Crippen molar-refractivity contribution in [3.63, 3.8) is 0 Å². The molecule has 0 amide bonds. The molecule has 0 unspecified atom stereocenters. The van der Waals surface area contributed by atoms with Gasteiger partial charge in [0.05, 0.1) is 18.3 Å². The van der Waals surface area contributed by atoms with Crippen molar-refractivity contribution in [1.29, 1.82) is 0 Å². The van der Waals surface area contributed by atoms with Crippen LogP contribution in [0.4, 0.5) is 0 Å². The van der Waals surface area contributed by atoms with Crippen molar-refractivity contribution in [2.75, 3.05) is 13.2 Å². The van der Waals surface area contributed by atoms with E-state index in [9.17, 15) is 0 Å². The van der Waals surface area contributed by atoms with Gasteiger partial charge in [-0.3, -0.25) is 0 Å². The summed E-state index contributed by atoms with van der Waals surface area (Å²) in [6.45, 7) is 6.98. The number of pyridine rings is 1. The van der Waals surface area contributed by atoms with Crippen LogP contribution in [-0.2, 0) is 5.54 Å². The number of nitrogens with zero attached hydrogens (tertiary/aromatic N) is 2. The van der Waals surface area contributed by atoms with Crippen LogP contribution in [0.5, 0.6) is 0 Å². The number of aliphatic hydroxyl groups excluding tert-OH is 1. The van der Waals surface area contributed by atoms with Crippen LogP contribution >= 0.6 is 0 Å². The second-order valence-electron chi connectivity index (χ2n) is 4.85. The molecule has 17 heavy (non-hydrogen) atoms. The van der Waals surface area contributed by atoms with Gasteiger partial charge in [0.1, 0.15) is 0 Å². The molecular formula is C13H19N3O. The fourth-order valence-electron chi connectivity index (χ4n) is 1.95. The molecule has 0 radical (unpaired) electrons. The molecule has 2 rings (SSSR count). The van der Waals surface area contributed by atoms with E-state index in [1.54, 1.807) is 0 Å². The molecule has 0 aromatic carbocycles. The van der Waals surface area contributed by atoms with E-state index in [-0.39, 0.29) is 12.1 Å². The largest absolute Gasteiger partial charge is 0.395 e. The summed E-state index contributed by atoms with van der Waals surface area (Å²) in [5, 5.41) is 16.5. The van der Waals surface area contributed by atoms with Crippen molar-refractivity contribution in [3.8, 4) is 0 Å². The molecule has 0 saturated carbocycles. The number of aliphatic hydroxyl groups is 1. The molecule has 92 valence electrons. The van der Waals surface area contributed by atoms with Gasteiger partial charge in [-0.2, -0.15) is 5.10 Å². The SMILES string of the molecule is Cc1cnn2cc(C(C)(C)NCCO)ccc12. The highest BCUT2D eigenvalue weighted by molar-refractivity contribution is 5.53. The number of rotatable bonds is 4. The molecule has 0 atom stereocenters. The summed E-state index contributed by atoms with van der Waals surface area (Å²) in [5.41, 5.74) is 3.29. The quantitative estimate of drug-likeness (QED) is 0.840. The van der Waals surface area contributed by atoms with Crippen molar-refractivity contribution >= 4 is 5.52 Å². The van der Waals surface area contributed by atoms with Crippen molar-refractivity contribution < 1.29 is 5.11 Å². The number of hydrogen-bond acceptors (Lipinski definition) is 3. The molecular weight excluding hydrogens is 214 g/mol. The third kappa shape index (κ3) is 2.33. The van der Waals surface area contributed by atoms with Gasteiger partial charge in [-0.25, -0.2) is 4.52 Å². The number of nitrogens with one attached hydrogen (secondary N) is 1. The van der Waals surface area contributed by atoms with Gasteiger partial charge in [0.25, 0.3) is 0 Å². The summed E-state index contributed by atoms with van der Waals surface area (Å²) in [6, 6.07) is 4.19. The van der Waals surface area contributed by atoms with E-state index < -0.39 is 0 Å². The smallest absolute Gasteiger partial charge is 0.0690 e. The average molecular weight is 233 g/mol. The van der Waals surface area contributed by atoms with Crippen LogP contribution in [0.25, 0.3) is 5.52 Å². The maximum Gasteiger partial charge on any atom is 0.0690 e. The molecule has 0 aliphatic carbocycles. The topological polar surface area (TPSA) is 49.6 Å². The first kappa shape index (κ1) is 12.1. The first-order valence-corrected chi connectivity index (χ1v) is 5.85. The maximum atomic E-state index is 8.87. The van der Waals surface area contributed by atoms with E-state index in [0.29, 0.717) is 6.54 Å². The van der Waals surface area contributed by atoms with Gasteiger partial charge >= 0.3 is 0 Å². The average Bonchev–Trinajstić information content (AvgIpc) is 2.68. The Morgan fingerprint density at radius 2 is 2.18 bits per heavy atom. The molecule has 0 aliphatic rings. The molecule has 0 fully saturated rings. The summed E-state index contributed by atoms with van der Waals surface area (Å²) in [6.07, 6.45) is 3.90. The number of hydrogen-bond donors (Lipinski definition) is 2. The third-order valence-corrected chi connectivity index (χ3v) is 3.11. The molecule has 0 bridgehead atoms. The van der Waals surface area contributed by atoms with E-state index in [1.165, 1.54) is 5.56 Å². The van der Waals surface area contributed by atoms with Crippen molar-refractivity contribution in [3.05, 3.63) is 35.7 Å². The summed E-state index contributed by atoms with van der Waals surface area (Å²) in [5.74, 6) is 0. The molecule has 2 heterocycles. The Morgan fingerprint density at radius 1 is 1.41 bits per heavy atom. The Hall–Kier alpha value is -1.39. The molecule has 2 aromatic heterocycles. The monoisotopic (exact) mass is 233 g/mol. The van der Waals surface area contributed by atoms with E-state index in [0.717, 1.165) is 11.1 Å². The first-order chi connectivity index (χ1) is 8.04. The zero-order chi connectivity index (χ0) is 12.5. The van der Waals surface area contributed by atoms with Crippen LogP contribution in [0, 0.1) is 6.92 Å². The highest BCUT2D eigenvalue weighted by Crippen LogP contribution is 2.21. The summed E-state index contributed by atoms with van der Waals surface area (Å²) in [4.78, 5) is 0. The Kier molecular flexibility index (Phi) is 3.17. The summed E-state index contributed by atoms with van der Waals surface area (Å²) >= 11 is 0. The number of aromatic nitrogens is 2. The Morgan fingerprint density at radius 3 is 2.88 bits per heavy atom. The fourth-order valence-corrected chi connectivity index (χ4v) is 1.95. The third-order valence-electron chi connectivity index (χ3n) is 3.11. The number of fused-ring (bicyclic) bond motifs is 1. The Labute approximate surface area is 101 Å². The van der Waals surface area contributed by atoms with Crippen LogP contribution < -0.4 is 5.32 Å². The van der Waals surface area contributed by atoms with E-state index in [1.807, 2.05) is 16.9 Å². The van der Waals surface area contributed by atoms with Gasteiger partial charge in [0.15, 0.2) is 0 Å². The van der Waals surface area contributed by atoms with Gasteiger partial charge in [0, 0.05) is 18.3 Å². The van der Waals surface area contributed by atoms with Crippen LogP contribution in [0.15, 0.2) is 24.5 Å². The normalized spacial score (nSPS) is 12.2. The molecule has 0 aliphatic heterocycles. The van der Waals surface area contributed by atoms with Crippen molar-refractivity contribution in [2.45, 2.75) is 26.3 Å². The second kappa shape index (κ2) is 4.47. The minimum absolute atomic E-state index is 0.145. The van der Waals surface area contributed by atoms with Crippen molar-refractivity contribution in [2.24, 2.45) is 0 Å². The van der Waals surface area contributed by atoms with Gasteiger partial charge < -0.3 is 10.4 Å². The Bertz CT molecular complexity index is 516. The molecule has 2 aromatic rings. The predicted molar refractivity (Wildman–Crippen MR) is 68.0 cm³/mol. The summed E-state index contributed by atoms with van der Waals surface area (Å²) < 4.78 is 1.90. The maximum absolute atomic E-state index is 8.87. The summed E-state index contributed by atoms with van der Waals surface area (Å²) in [7, 11) is 0. The van der Waals surface area contributed by atoms with Crippen LogP contribution in [0.1, 0.15) is 25.0 Å². The molecule has 4 heteroatoms. The van der Waals surface area contributed by atoms with E-state index >= 15 is 0 Å². The predicted octanol–water partition coefficient (Wildman–Crippen LogP) is 1.46. The minimum atomic E-state index is -0.170. The molecule has 2 N–H and O–H groups in total. The van der Waals surface area contributed by atoms with Crippen LogP contribution in [0.3, 0.4) is 0 Å². The van der Waals surface area contributed by atoms with E-state index in [4.69, 9.17) is 5.11 Å². The fraction of sp³-hybridized carbons (Fsp3) is 0.462. The van der Waals surface area contributed by atoms with Gasteiger partial charge in [0.2, 0.25) is 0 Å². The zero-order valence-corrected chi connectivity index (χ0v) is 10.6. The lowest BCUT2D eigenvalue weighted by Gasteiger charge is -2.26. The minimum Gasteiger partial charge on any atom is -0.395 e. The second-order valence-corrected chi connectivity index (χ2v) is 4.85. The van der Waals surface area contributed by atoms with Gasteiger partial charge in [-0.05, 0) is 38.0 Å². The van der Waals surface area contributed by atoms with Crippen LogP contribution in [0.2, 0.25) is 0 Å². The molecule has 0 spiro atoms. The van der Waals surface area contributed by atoms with Gasteiger partial charge in [-0.1, -0.05) is 6.07 Å². The highest BCUT2D eigenvalue weighted by atomic mass is 16.3. The van der Waals surface area contributed by atoms with Gasteiger partial charge in [-0.15, -0.1) is 0 Å².